The van der Waals surface area contributed by atoms with Crippen LogP contribution in [0.3, 0.4) is 0 Å². The molecule has 0 amide bonds. The predicted molar refractivity (Wildman–Crippen MR) is 154 cm³/mol. The lowest BCUT2D eigenvalue weighted by Crippen LogP contribution is -2.33. The minimum Gasteiger partial charge on any atom is -0.387 e. The van der Waals surface area contributed by atoms with Crippen molar-refractivity contribution in [1.29, 1.82) is 0 Å². The number of fused-ring (bicyclic) bond motifs is 2. The highest BCUT2D eigenvalue weighted by atomic mass is 32.7. The molecule has 0 bridgehead atoms. The van der Waals surface area contributed by atoms with Gasteiger partial charge in [-0.25, -0.2) is 23.7 Å². The molecule has 26 heteroatoms. The third-order valence-corrected chi connectivity index (χ3v) is 9.10. The Labute approximate surface area is 259 Å². The molecule has 2 aliphatic rings. The zero-order valence-electron chi connectivity index (χ0n) is 22.2. The van der Waals surface area contributed by atoms with Gasteiger partial charge in [0.1, 0.15) is 49.6 Å². The fourth-order valence-corrected chi connectivity index (χ4v) is 6.66. The van der Waals surface area contributed by atoms with Gasteiger partial charge in [-0.2, -0.15) is 9.67 Å². The van der Waals surface area contributed by atoms with Crippen LogP contribution in [0.25, 0.3) is 22.3 Å². The Balaban J connectivity index is 1.20. The Morgan fingerprint density at radius 2 is 1.89 bits per heavy atom. The number of imidazole rings is 1. The van der Waals surface area contributed by atoms with Crippen LogP contribution in [0, 0.1) is 0 Å². The van der Waals surface area contributed by atoms with Crippen molar-refractivity contribution in [2.45, 2.75) is 49.2 Å². The standard InChI is InChI=1S/C19H21F2N11O9P2S2/c20-7-5(1-37-42(35)44)39-18(31-4-26-10-15(31)27-19(23)28-16(10)34)12(7)41-43(36,45)38-2-6-11(33)8(21)17(40-6)32-14-9(29-30-32)13(22)24-3-25-14/h3-8,11-12,17-18,33H,1-2H2,(H6-,22,23,24,25,27,28,30,34,35,36,44,45)/p+1/t5-,6-,7-,8+,11-,12-,17-,18-,43?/m1/s1. The Bertz CT molecular complexity index is 1870. The highest BCUT2D eigenvalue weighted by Crippen LogP contribution is 2.51. The summed E-state index contributed by atoms with van der Waals surface area (Å²) in [6.07, 6.45) is -11.3. The van der Waals surface area contributed by atoms with Gasteiger partial charge in [0, 0.05) is 0 Å². The number of ether oxygens (including phenoxy) is 2. The number of anilines is 2. The van der Waals surface area contributed by atoms with Crippen LogP contribution in [0.5, 0.6) is 0 Å². The Kier molecular flexibility index (Phi) is 8.82. The molecule has 0 aromatic carbocycles. The van der Waals surface area contributed by atoms with E-state index < -0.39 is 81.9 Å². The van der Waals surface area contributed by atoms with Crippen LogP contribution in [0.1, 0.15) is 12.5 Å². The number of aromatic nitrogens is 9. The minimum absolute atomic E-state index is 0.0125. The first-order valence-corrected chi connectivity index (χ1v) is 17.5. The van der Waals surface area contributed by atoms with Crippen molar-refractivity contribution in [3.8, 4) is 0 Å². The zero-order valence-corrected chi connectivity index (χ0v) is 25.7. The van der Waals surface area contributed by atoms with Gasteiger partial charge in [0.15, 0.2) is 52.9 Å². The molecule has 2 unspecified atom stereocenters. The summed E-state index contributed by atoms with van der Waals surface area (Å²) in [5.41, 5.74) is 10.5. The molecule has 242 valence electrons. The molecule has 0 saturated carbocycles. The Morgan fingerprint density at radius 3 is 2.64 bits per heavy atom. The summed E-state index contributed by atoms with van der Waals surface area (Å²) in [4.78, 5) is 41.2. The Hall–Kier alpha value is -2.89. The monoisotopic (exact) mass is 712 g/mol. The van der Waals surface area contributed by atoms with Crippen LogP contribution in [-0.2, 0) is 39.4 Å². The van der Waals surface area contributed by atoms with Crippen molar-refractivity contribution in [2.24, 2.45) is 0 Å². The van der Waals surface area contributed by atoms with Gasteiger partial charge in [-0.1, -0.05) is 5.21 Å². The third kappa shape index (κ3) is 6.15. The lowest BCUT2D eigenvalue weighted by molar-refractivity contribution is -0.0565. The maximum Gasteiger partial charge on any atom is 0.582 e. The minimum atomic E-state index is -4.42. The summed E-state index contributed by atoms with van der Waals surface area (Å²) in [5.74, 6) is -0.292. The predicted octanol–water partition coefficient (Wildman–Crippen LogP) is -0.427. The van der Waals surface area contributed by atoms with Gasteiger partial charge in [0.25, 0.3) is 5.56 Å². The van der Waals surface area contributed by atoms with E-state index in [1.165, 1.54) is 0 Å². The maximum absolute atomic E-state index is 15.7. The van der Waals surface area contributed by atoms with E-state index in [1.807, 2.05) is 0 Å². The second-order valence-electron chi connectivity index (χ2n) is 9.62. The first-order valence-electron chi connectivity index (χ1n) is 12.6. The number of rotatable bonds is 10. The molecule has 0 aliphatic carbocycles. The van der Waals surface area contributed by atoms with Crippen LogP contribution in [0.4, 0.5) is 20.5 Å². The number of aliphatic hydroxyl groups excluding tert-OH is 1. The molecule has 2 fully saturated rings. The number of thiol groups is 1. The van der Waals surface area contributed by atoms with Crippen LogP contribution >= 0.6 is 26.2 Å². The summed E-state index contributed by atoms with van der Waals surface area (Å²) in [5, 5.41) is 18.1. The first-order chi connectivity index (χ1) is 21.3. The number of nitrogen functional groups attached to an aromatic ring is 2. The third-order valence-electron chi connectivity index (χ3n) is 6.82. The molecule has 2 aliphatic heterocycles. The average Bonchev–Trinajstić information content (AvgIpc) is 3.73. The van der Waals surface area contributed by atoms with Crippen molar-refractivity contribution in [1.82, 2.24) is 44.5 Å². The van der Waals surface area contributed by atoms with Crippen LogP contribution in [-0.4, -0.2) is 104 Å². The van der Waals surface area contributed by atoms with E-state index in [0.717, 1.165) is 21.9 Å². The van der Waals surface area contributed by atoms with E-state index in [0.29, 0.717) is 0 Å². The lowest BCUT2D eigenvalue weighted by Gasteiger charge is -2.26. The number of nitrogens with two attached hydrogens (primary N) is 2. The maximum atomic E-state index is 15.7. The topological polar surface area (TPSA) is 276 Å². The highest BCUT2D eigenvalue weighted by Gasteiger charge is 2.52. The van der Waals surface area contributed by atoms with Gasteiger partial charge < -0.3 is 35.5 Å². The number of hydrogen-bond donors (Lipinski definition) is 6. The average molecular weight is 713 g/mol. The normalized spacial score (nSPS) is 30.3. The van der Waals surface area contributed by atoms with E-state index in [9.17, 15) is 19.4 Å². The number of hydrogen-bond acceptors (Lipinski definition) is 17. The van der Waals surface area contributed by atoms with E-state index in [-0.39, 0.29) is 34.1 Å². The summed E-state index contributed by atoms with van der Waals surface area (Å²) >= 11 is 8.72. The summed E-state index contributed by atoms with van der Waals surface area (Å²) in [7, 11) is -2.44. The Morgan fingerprint density at radius 1 is 1.13 bits per heavy atom. The van der Waals surface area contributed by atoms with Crippen LogP contribution < -0.4 is 17.0 Å². The van der Waals surface area contributed by atoms with Gasteiger partial charge in [-0.15, -0.1) is 9.62 Å². The van der Waals surface area contributed by atoms with Crippen molar-refractivity contribution in [3.63, 3.8) is 0 Å². The second kappa shape index (κ2) is 12.4. The number of aliphatic hydroxyl groups is 1. The smallest absolute Gasteiger partial charge is 0.387 e. The molecular weight excluding hydrogens is 690 g/mol. The van der Waals surface area contributed by atoms with Crippen LogP contribution in [0.15, 0.2) is 17.4 Å². The number of aromatic amines is 1. The number of halogens is 2. The van der Waals surface area contributed by atoms with Gasteiger partial charge in [0.05, 0.1) is 12.9 Å². The molecule has 2 saturated heterocycles. The molecule has 20 nitrogen and oxygen atoms in total. The lowest BCUT2D eigenvalue weighted by atomic mass is 10.1. The van der Waals surface area contributed by atoms with Gasteiger partial charge in [-0.3, -0.25) is 18.9 Å². The van der Waals surface area contributed by atoms with Gasteiger partial charge in [-0.05, 0) is 16.4 Å². The van der Waals surface area contributed by atoms with Crippen molar-refractivity contribution < 1.29 is 46.4 Å². The second-order valence-corrected chi connectivity index (χ2v) is 14.1. The molecule has 6 rings (SSSR count). The summed E-state index contributed by atoms with van der Waals surface area (Å²) in [6, 6.07) is 0. The highest BCUT2D eigenvalue weighted by molar-refractivity contribution is 8.39. The molecule has 45 heavy (non-hydrogen) atoms. The SMILES string of the molecule is Nc1nc2c(ncn2[C@@H]2O[C@H](CO[P+](=O)S)[C@@H](F)[C@H]2OP(O)(=S)OC[C@H]2O[C@@H](n3nnc4c(N)ncnc43)[C@@H](F)[C@@H]2O)c(=O)[nH]1. The van der Waals surface area contributed by atoms with Crippen LogP contribution in [0.2, 0.25) is 0 Å². The molecule has 0 spiro atoms. The fraction of sp³-hybridized carbons (Fsp3) is 0.526. The zero-order chi connectivity index (χ0) is 32.2. The quantitative estimate of drug-likeness (QED) is 0.0899. The largest absolute Gasteiger partial charge is 0.582 e. The van der Waals surface area contributed by atoms with Gasteiger partial charge in [0.2, 0.25) is 5.95 Å². The number of alkyl halides is 2. The van der Waals surface area contributed by atoms with Crippen molar-refractivity contribution >= 4 is 72.1 Å². The number of nitrogens with one attached hydrogen (secondary N) is 1. The van der Waals surface area contributed by atoms with Crippen molar-refractivity contribution in [3.05, 3.63) is 23.0 Å². The molecule has 7 N–H and O–H groups in total. The number of nitrogens with zero attached hydrogens (tertiary/aromatic N) is 8. The fourth-order valence-electron chi connectivity index (χ4n) is 4.78. The molecular formula is C19H22F2N11O9P2S2+. The van der Waals surface area contributed by atoms with E-state index in [1.54, 1.807) is 0 Å². The molecule has 0 radical (unpaired) electrons. The van der Waals surface area contributed by atoms with Crippen molar-refractivity contribution in [2.75, 3.05) is 24.7 Å². The number of H-pyrrole nitrogens is 1. The van der Waals surface area contributed by atoms with E-state index >= 15 is 8.78 Å². The molecule has 4 aromatic rings. The molecule has 4 aromatic heterocycles. The summed E-state index contributed by atoms with van der Waals surface area (Å²) < 4.78 is 71.3. The summed E-state index contributed by atoms with van der Waals surface area (Å²) in [6.45, 7) is -5.68. The first kappa shape index (κ1) is 32.1. The van der Waals surface area contributed by atoms with E-state index in [4.69, 9.17) is 46.3 Å². The van der Waals surface area contributed by atoms with E-state index in [2.05, 4.69) is 47.5 Å². The molecule has 10 atom stereocenters. The molecule has 6 heterocycles. The van der Waals surface area contributed by atoms with Gasteiger partial charge >= 0.3 is 13.9 Å².